The number of carbonyl (C=O) groups excluding carboxylic acids is 2. The predicted molar refractivity (Wildman–Crippen MR) is 133 cm³/mol. The average Bonchev–Trinajstić information content (AvgIpc) is 3.53. The molecule has 0 atom stereocenters. The number of anilines is 1. The largest absolute Gasteiger partial charge is 0.378 e. The van der Waals surface area contributed by atoms with Crippen molar-refractivity contribution in [1.29, 1.82) is 0 Å². The average molecular weight is 519 g/mol. The molecule has 35 heavy (non-hydrogen) atoms. The third-order valence-electron chi connectivity index (χ3n) is 6.81. The highest BCUT2D eigenvalue weighted by Gasteiger charge is 2.31. The minimum absolute atomic E-state index is 0.0716. The van der Waals surface area contributed by atoms with Crippen LogP contribution in [0, 0.1) is 0 Å². The lowest BCUT2D eigenvalue weighted by molar-refractivity contribution is 0.0303. The van der Waals surface area contributed by atoms with Gasteiger partial charge in [-0.2, -0.15) is 4.31 Å². The molecule has 0 bridgehead atoms. The summed E-state index contributed by atoms with van der Waals surface area (Å²) in [5.41, 5.74) is 1.95. The highest BCUT2D eigenvalue weighted by Crippen LogP contribution is 2.38. The minimum atomic E-state index is -3.54. The van der Waals surface area contributed by atoms with Crippen LogP contribution < -0.4 is 5.32 Å². The van der Waals surface area contributed by atoms with Crippen LogP contribution in [0.15, 0.2) is 29.2 Å². The van der Waals surface area contributed by atoms with Crippen LogP contribution in [0.1, 0.15) is 44.0 Å². The number of nitrogens with one attached hydrogen (secondary N) is 1. The van der Waals surface area contributed by atoms with E-state index in [1.165, 1.54) is 39.9 Å². The number of carbonyl (C=O) groups is 2. The van der Waals surface area contributed by atoms with E-state index < -0.39 is 10.0 Å². The van der Waals surface area contributed by atoms with E-state index in [1.807, 2.05) is 7.05 Å². The first kappa shape index (κ1) is 24.4. The third kappa shape index (κ3) is 4.88. The summed E-state index contributed by atoms with van der Waals surface area (Å²) in [4.78, 5) is 31.9. The zero-order valence-corrected chi connectivity index (χ0v) is 21.4. The van der Waals surface area contributed by atoms with Crippen LogP contribution in [-0.2, 0) is 27.7 Å². The topological polar surface area (TPSA) is 99.3 Å². The van der Waals surface area contributed by atoms with Crippen LogP contribution in [0.2, 0.25) is 0 Å². The minimum Gasteiger partial charge on any atom is -0.378 e. The van der Waals surface area contributed by atoms with E-state index in [1.54, 1.807) is 4.90 Å². The highest BCUT2D eigenvalue weighted by molar-refractivity contribution is 7.89. The maximum Gasteiger partial charge on any atom is 0.257 e. The fraction of sp³-hybridized carbons (Fsp3) is 0.500. The summed E-state index contributed by atoms with van der Waals surface area (Å²) in [5, 5.41) is 3.51. The maximum absolute atomic E-state index is 13.5. The first-order valence-electron chi connectivity index (χ1n) is 12.0. The smallest absolute Gasteiger partial charge is 0.257 e. The van der Waals surface area contributed by atoms with Crippen LogP contribution in [0.5, 0.6) is 0 Å². The Balaban J connectivity index is 1.39. The van der Waals surface area contributed by atoms with Crippen molar-refractivity contribution in [3.63, 3.8) is 0 Å². The normalized spacial score (nSPS) is 19.5. The summed E-state index contributed by atoms with van der Waals surface area (Å²) in [6.45, 7) is 4.74. The number of amides is 2. The van der Waals surface area contributed by atoms with Gasteiger partial charge in [0.15, 0.2) is 0 Å². The Hall–Kier alpha value is -2.31. The lowest BCUT2D eigenvalue weighted by Crippen LogP contribution is -2.41. The fourth-order valence-corrected chi connectivity index (χ4v) is 7.63. The van der Waals surface area contributed by atoms with Crippen LogP contribution in [0.4, 0.5) is 5.00 Å². The Morgan fingerprint density at radius 3 is 2.37 bits per heavy atom. The van der Waals surface area contributed by atoms with Gasteiger partial charge in [-0.25, -0.2) is 8.42 Å². The van der Waals surface area contributed by atoms with Gasteiger partial charge in [0.05, 0.1) is 23.7 Å². The summed E-state index contributed by atoms with van der Waals surface area (Å²) in [7, 11) is -1.50. The molecule has 4 heterocycles. The number of rotatable bonds is 5. The molecule has 11 heteroatoms. The second kappa shape index (κ2) is 9.98. The Kier molecular flexibility index (Phi) is 6.95. The summed E-state index contributed by atoms with van der Waals surface area (Å²) in [6, 6.07) is 6.03. The maximum atomic E-state index is 13.5. The van der Waals surface area contributed by atoms with Gasteiger partial charge in [-0.3, -0.25) is 9.59 Å². The van der Waals surface area contributed by atoms with Crippen molar-refractivity contribution in [2.75, 3.05) is 58.3 Å². The van der Waals surface area contributed by atoms with E-state index in [0.29, 0.717) is 55.5 Å². The molecule has 0 unspecified atom stereocenters. The molecule has 2 saturated heterocycles. The lowest BCUT2D eigenvalue weighted by Gasteiger charge is -2.28. The van der Waals surface area contributed by atoms with Crippen LogP contribution in [0.25, 0.3) is 0 Å². The first-order valence-corrected chi connectivity index (χ1v) is 14.2. The van der Waals surface area contributed by atoms with Gasteiger partial charge in [-0.1, -0.05) is 0 Å². The first-order chi connectivity index (χ1) is 16.8. The number of nitrogens with zero attached hydrogens (tertiary/aromatic N) is 3. The second-order valence-electron chi connectivity index (χ2n) is 9.19. The Morgan fingerprint density at radius 2 is 1.69 bits per heavy atom. The van der Waals surface area contributed by atoms with Crippen molar-refractivity contribution in [2.24, 2.45) is 0 Å². The molecule has 0 saturated carbocycles. The molecular weight excluding hydrogens is 488 g/mol. The van der Waals surface area contributed by atoms with E-state index in [2.05, 4.69) is 10.2 Å². The Labute approximate surface area is 209 Å². The molecule has 0 aliphatic carbocycles. The van der Waals surface area contributed by atoms with Gasteiger partial charge in [0.2, 0.25) is 10.0 Å². The molecule has 0 spiro atoms. The van der Waals surface area contributed by atoms with Crippen molar-refractivity contribution < 1.29 is 22.7 Å². The van der Waals surface area contributed by atoms with E-state index in [9.17, 15) is 18.0 Å². The lowest BCUT2D eigenvalue weighted by atomic mass is 10.0. The van der Waals surface area contributed by atoms with Crippen molar-refractivity contribution >= 4 is 38.2 Å². The number of fused-ring (bicyclic) bond motifs is 1. The number of hydrogen-bond acceptors (Lipinski definition) is 7. The van der Waals surface area contributed by atoms with E-state index >= 15 is 0 Å². The number of morpholine rings is 1. The van der Waals surface area contributed by atoms with Crippen LogP contribution in [0.3, 0.4) is 0 Å². The molecule has 2 amide bonds. The zero-order valence-electron chi connectivity index (χ0n) is 19.8. The summed E-state index contributed by atoms with van der Waals surface area (Å²) < 4.78 is 32.5. The van der Waals surface area contributed by atoms with Crippen LogP contribution in [-0.4, -0.2) is 87.3 Å². The van der Waals surface area contributed by atoms with E-state index in [0.717, 1.165) is 42.8 Å². The molecule has 1 N–H and O–H groups in total. The molecule has 1 aromatic heterocycles. The van der Waals surface area contributed by atoms with Gasteiger partial charge in [0, 0.05) is 49.7 Å². The number of hydrogen-bond donors (Lipinski definition) is 1. The standard InChI is InChI=1S/C24H30N4O5S2/c1-26-11-8-19-20(16-26)34-23(21(19)24(30)27-12-14-33-15-13-27)25-22(29)17-4-6-18(7-5-17)35(31,32)28-9-2-3-10-28/h4-7H,2-3,8-16H2,1H3,(H,25,29). The Bertz CT molecular complexity index is 1210. The van der Waals surface area contributed by atoms with Crippen molar-refractivity contribution in [1.82, 2.24) is 14.1 Å². The van der Waals surface area contributed by atoms with Crippen molar-refractivity contribution in [3.8, 4) is 0 Å². The molecule has 3 aliphatic heterocycles. The Morgan fingerprint density at radius 1 is 1.00 bits per heavy atom. The van der Waals surface area contributed by atoms with E-state index in [4.69, 9.17) is 4.74 Å². The molecule has 2 fully saturated rings. The fourth-order valence-electron chi connectivity index (χ4n) is 4.80. The third-order valence-corrected chi connectivity index (χ3v) is 9.85. The van der Waals surface area contributed by atoms with Gasteiger partial charge < -0.3 is 19.9 Å². The molecule has 9 nitrogen and oxygen atoms in total. The second-order valence-corrected chi connectivity index (χ2v) is 12.2. The SMILES string of the molecule is CN1CCc2c(sc(NC(=O)c3ccc(S(=O)(=O)N4CCCC4)cc3)c2C(=O)N2CCOCC2)C1. The van der Waals surface area contributed by atoms with Gasteiger partial charge >= 0.3 is 0 Å². The molecule has 188 valence electrons. The number of sulfonamides is 1. The number of thiophene rings is 1. The molecule has 5 rings (SSSR count). The summed E-state index contributed by atoms with van der Waals surface area (Å²) in [6.07, 6.45) is 2.49. The number of likely N-dealkylation sites (N-methyl/N-ethyl adjacent to an activating group) is 1. The van der Waals surface area contributed by atoms with Crippen LogP contribution >= 0.6 is 11.3 Å². The van der Waals surface area contributed by atoms with Gasteiger partial charge in [-0.05, 0) is 56.1 Å². The highest BCUT2D eigenvalue weighted by atomic mass is 32.2. The molecule has 2 aromatic rings. The van der Waals surface area contributed by atoms with Gasteiger partial charge in [0.25, 0.3) is 11.8 Å². The van der Waals surface area contributed by atoms with E-state index in [-0.39, 0.29) is 16.7 Å². The summed E-state index contributed by atoms with van der Waals surface area (Å²) >= 11 is 1.45. The van der Waals surface area contributed by atoms with Crippen molar-refractivity contribution in [3.05, 3.63) is 45.8 Å². The number of benzene rings is 1. The van der Waals surface area contributed by atoms with Gasteiger partial charge in [0.1, 0.15) is 5.00 Å². The monoisotopic (exact) mass is 518 g/mol. The van der Waals surface area contributed by atoms with Gasteiger partial charge in [-0.15, -0.1) is 11.3 Å². The summed E-state index contributed by atoms with van der Waals surface area (Å²) in [5.74, 6) is -0.434. The zero-order chi connectivity index (χ0) is 24.6. The molecule has 3 aliphatic rings. The predicted octanol–water partition coefficient (Wildman–Crippen LogP) is 2.25. The molecule has 1 aromatic carbocycles. The van der Waals surface area contributed by atoms with Crippen molar-refractivity contribution in [2.45, 2.75) is 30.7 Å². The molecular formula is C24H30N4O5S2. The molecule has 0 radical (unpaired) electrons. The number of ether oxygens (including phenoxy) is 1. The quantitative estimate of drug-likeness (QED) is 0.652.